The number of nitrogens with zero attached hydrogens (tertiary/aromatic N) is 1. The van der Waals surface area contributed by atoms with Gasteiger partial charge in [-0.05, 0) is 35.6 Å². The maximum atomic E-state index is 6.25. The second-order valence-corrected chi connectivity index (χ2v) is 6.13. The van der Waals surface area contributed by atoms with E-state index in [1.165, 1.54) is 11.3 Å². The molecule has 1 fully saturated rings. The molecule has 2 N–H and O–H groups in total. The molecule has 0 saturated carbocycles. The first-order chi connectivity index (χ1) is 9.76. The summed E-state index contributed by atoms with van der Waals surface area (Å²) in [5.74, 6) is 1.40. The van der Waals surface area contributed by atoms with Gasteiger partial charge in [-0.25, -0.2) is 0 Å². The molecule has 2 heterocycles. The molecule has 0 aliphatic carbocycles. The van der Waals surface area contributed by atoms with Crippen molar-refractivity contribution in [1.29, 1.82) is 0 Å². The summed E-state index contributed by atoms with van der Waals surface area (Å²) in [6.45, 7) is 1.99. The third-order valence-corrected chi connectivity index (χ3v) is 4.61. The van der Waals surface area contributed by atoms with Crippen LogP contribution in [0.25, 0.3) is 0 Å². The Balaban J connectivity index is 1.78. The quantitative estimate of drug-likeness (QED) is 0.943. The van der Waals surface area contributed by atoms with Crippen LogP contribution in [0.15, 0.2) is 41.1 Å². The van der Waals surface area contributed by atoms with E-state index in [9.17, 15) is 0 Å². The lowest BCUT2D eigenvalue weighted by atomic mass is 9.88. The molecule has 1 aliphatic heterocycles. The van der Waals surface area contributed by atoms with Crippen LogP contribution < -0.4 is 15.4 Å². The number of ether oxygens (including phenoxy) is 1. The summed E-state index contributed by atoms with van der Waals surface area (Å²) >= 11 is 1.74. The van der Waals surface area contributed by atoms with Crippen molar-refractivity contribution < 1.29 is 4.74 Å². The van der Waals surface area contributed by atoms with Crippen molar-refractivity contribution in [3.05, 3.63) is 46.7 Å². The molecule has 0 radical (unpaired) electrons. The molecule has 0 amide bonds. The van der Waals surface area contributed by atoms with Gasteiger partial charge in [-0.15, -0.1) is 0 Å². The highest BCUT2D eigenvalue weighted by molar-refractivity contribution is 7.08. The third-order valence-electron chi connectivity index (χ3n) is 3.94. The average molecular weight is 288 g/mol. The van der Waals surface area contributed by atoms with Crippen LogP contribution in [0, 0.1) is 0 Å². The lowest BCUT2D eigenvalue weighted by molar-refractivity contribution is 0.413. The van der Waals surface area contributed by atoms with Gasteiger partial charge < -0.3 is 15.4 Å². The highest BCUT2D eigenvalue weighted by Crippen LogP contribution is 2.31. The standard InChI is InChI=1S/C16H20N2OS/c1-19-16-4-2-12(3-5-16)13-8-14(17)10-18(9-13)15-6-7-20-11-15/h2-7,11,13-14H,8-10,17H2,1H3. The first-order valence-electron chi connectivity index (χ1n) is 6.93. The maximum Gasteiger partial charge on any atom is 0.118 e. The largest absolute Gasteiger partial charge is 0.497 e. The van der Waals surface area contributed by atoms with Crippen molar-refractivity contribution in [3.8, 4) is 5.75 Å². The number of rotatable bonds is 3. The molecular weight excluding hydrogens is 268 g/mol. The summed E-state index contributed by atoms with van der Waals surface area (Å²) in [6, 6.07) is 10.8. The van der Waals surface area contributed by atoms with Crippen molar-refractivity contribution in [2.45, 2.75) is 18.4 Å². The van der Waals surface area contributed by atoms with Crippen LogP contribution in [0.1, 0.15) is 17.9 Å². The number of methoxy groups -OCH3 is 1. The van der Waals surface area contributed by atoms with Crippen LogP contribution in [0.3, 0.4) is 0 Å². The van der Waals surface area contributed by atoms with Gasteiger partial charge in [-0.3, -0.25) is 0 Å². The molecule has 106 valence electrons. The van der Waals surface area contributed by atoms with E-state index < -0.39 is 0 Å². The number of benzene rings is 1. The van der Waals surface area contributed by atoms with Gasteiger partial charge in [-0.1, -0.05) is 12.1 Å². The monoisotopic (exact) mass is 288 g/mol. The predicted molar refractivity (Wildman–Crippen MR) is 84.9 cm³/mol. The molecule has 1 aromatic heterocycles. The van der Waals surface area contributed by atoms with Crippen molar-refractivity contribution in [2.75, 3.05) is 25.1 Å². The fourth-order valence-corrected chi connectivity index (χ4v) is 3.57. The minimum Gasteiger partial charge on any atom is -0.497 e. The van der Waals surface area contributed by atoms with Crippen LogP contribution >= 0.6 is 11.3 Å². The summed E-state index contributed by atoms with van der Waals surface area (Å²) in [7, 11) is 1.70. The molecule has 2 unspecified atom stereocenters. The lowest BCUT2D eigenvalue weighted by Crippen LogP contribution is -2.46. The third kappa shape index (κ3) is 2.81. The SMILES string of the molecule is COc1ccc(C2CC(N)CN(c3ccsc3)C2)cc1. The molecule has 1 aliphatic rings. The fourth-order valence-electron chi connectivity index (χ4n) is 2.90. The van der Waals surface area contributed by atoms with Gasteiger partial charge in [0.1, 0.15) is 5.75 Å². The minimum atomic E-state index is 0.232. The molecule has 2 atom stereocenters. The second kappa shape index (κ2) is 5.85. The second-order valence-electron chi connectivity index (χ2n) is 5.35. The lowest BCUT2D eigenvalue weighted by Gasteiger charge is -2.37. The molecule has 3 nitrogen and oxygen atoms in total. The van der Waals surface area contributed by atoms with E-state index in [-0.39, 0.29) is 6.04 Å². The minimum absolute atomic E-state index is 0.232. The molecule has 3 rings (SSSR count). The molecule has 4 heteroatoms. The Hall–Kier alpha value is -1.52. The van der Waals surface area contributed by atoms with Crippen LogP contribution in [-0.2, 0) is 0 Å². The van der Waals surface area contributed by atoms with E-state index in [1.807, 2.05) is 12.1 Å². The Morgan fingerprint density at radius 3 is 2.65 bits per heavy atom. The van der Waals surface area contributed by atoms with E-state index in [0.717, 1.165) is 25.3 Å². The summed E-state index contributed by atoms with van der Waals surface area (Å²) in [5, 5.41) is 4.32. The summed E-state index contributed by atoms with van der Waals surface area (Å²) in [4.78, 5) is 2.40. The topological polar surface area (TPSA) is 38.5 Å². The zero-order valence-electron chi connectivity index (χ0n) is 11.7. The summed E-state index contributed by atoms with van der Waals surface area (Å²) in [6.07, 6.45) is 1.05. The Labute approximate surface area is 124 Å². The molecule has 20 heavy (non-hydrogen) atoms. The molecular formula is C16H20N2OS. The van der Waals surface area contributed by atoms with Gasteiger partial charge in [0.25, 0.3) is 0 Å². The van der Waals surface area contributed by atoms with Crippen molar-refractivity contribution >= 4 is 17.0 Å². The Bertz CT molecular complexity index is 538. The number of hydrogen-bond acceptors (Lipinski definition) is 4. The van der Waals surface area contributed by atoms with E-state index in [4.69, 9.17) is 10.5 Å². The zero-order valence-corrected chi connectivity index (χ0v) is 12.5. The smallest absolute Gasteiger partial charge is 0.118 e. The van der Waals surface area contributed by atoms with E-state index in [0.29, 0.717) is 5.92 Å². The molecule has 1 saturated heterocycles. The van der Waals surface area contributed by atoms with Crippen molar-refractivity contribution in [1.82, 2.24) is 0 Å². The van der Waals surface area contributed by atoms with E-state index >= 15 is 0 Å². The Kier molecular flexibility index (Phi) is 3.94. The highest BCUT2D eigenvalue weighted by atomic mass is 32.1. The summed E-state index contributed by atoms with van der Waals surface area (Å²) < 4.78 is 5.22. The Morgan fingerprint density at radius 2 is 2.00 bits per heavy atom. The van der Waals surface area contributed by atoms with Gasteiger partial charge in [0.15, 0.2) is 0 Å². The van der Waals surface area contributed by atoms with Gasteiger partial charge in [0.05, 0.1) is 7.11 Å². The average Bonchev–Trinajstić information content (AvgIpc) is 3.01. The van der Waals surface area contributed by atoms with Crippen molar-refractivity contribution in [3.63, 3.8) is 0 Å². The fraction of sp³-hybridized carbons (Fsp3) is 0.375. The number of hydrogen-bond donors (Lipinski definition) is 1. The highest BCUT2D eigenvalue weighted by Gasteiger charge is 2.26. The van der Waals surface area contributed by atoms with Crippen LogP contribution in [0.2, 0.25) is 0 Å². The van der Waals surface area contributed by atoms with Crippen LogP contribution in [0.4, 0.5) is 5.69 Å². The first kappa shape index (κ1) is 13.5. The molecule has 2 aromatic rings. The normalized spacial score (nSPS) is 22.8. The summed E-state index contributed by atoms with van der Waals surface area (Å²) in [5.41, 5.74) is 8.90. The number of anilines is 1. The van der Waals surface area contributed by atoms with Crippen LogP contribution in [0.5, 0.6) is 5.75 Å². The van der Waals surface area contributed by atoms with Crippen LogP contribution in [-0.4, -0.2) is 26.2 Å². The maximum absolute atomic E-state index is 6.25. The van der Waals surface area contributed by atoms with E-state index in [2.05, 4.69) is 33.9 Å². The van der Waals surface area contributed by atoms with Gasteiger partial charge in [0, 0.05) is 36.1 Å². The first-order valence-corrected chi connectivity index (χ1v) is 7.87. The van der Waals surface area contributed by atoms with Gasteiger partial charge >= 0.3 is 0 Å². The predicted octanol–water partition coefficient (Wildman–Crippen LogP) is 3.08. The number of thiophene rings is 1. The molecule has 0 spiro atoms. The number of piperidine rings is 1. The van der Waals surface area contributed by atoms with Gasteiger partial charge in [-0.2, -0.15) is 11.3 Å². The molecule has 1 aromatic carbocycles. The van der Waals surface area contributed by atoms with Gasteiger partial charge in [0.2, 0.25) is 0 Å². The van der Waals surface area contributed by atoms with E-state index in [1.54, 1.807) is 18.4 Å². The number of nitrogens with two attached hydrogens (primary N) is 1. The zero-order chi connectivity index (χ0) is 13.9. The Morgan fingerprint density at radius 1 is 1.20 bits per heavy atom. The molecule has 0 bridgehead atoms. The van der Waals surface area contributed by atoms with Crippen molar-refractivity contribution in [2.24, 2.45) is 5.73 Å².